The van der Waals surface area contributed by atoms with Crippen molar-refractivity contribution in [2.45, 2.75) is 13.0 Å². The number of nitrogens with one attached hydrogen (secondary N) is 2. The van der Waals surface area contributed by atoms with Crippen LogP contribution in [0.4, 0.5) is 0 Å². The maximum Gasteiger partial charge on any atom is 0.325 e. The summed E-state index contributed by atoms with van der Waals surface area (Å²) >= 11 is 0. The lowest BCUT2D eigenvalue weighted by atomic mass is 10.2. The van der Waals surface area contributed by atoms with Gasteiger partial charge in [-0.15, -0.1) is 0 Å². The number of aliphatic carboxylic acids is 1. The molecular weight excluding hydrogens is 304 g/mol. The second-order valence-corrected chi connectivity index (χ2v) is 4.54. The Morgan fingerprint density at radius 1 is 1.17 bits per heavy atom. The van der Waals surface area contributed by atoms with Crippen molar-refractivity contribution in [3.63, 3.8) is 0 Å². The third-order valence-electron chi connectivity index (χ3n) is 2.79. The van der Waals surface area contributed by atoms with Crippen molar-refractivity contribution in [2.75, 3.05) is 0 Å². The smallest absolute Gasteiger partial charge is 0.325 e. The molecule has 2 rings (SSSR count). The van der Waals surface area contributed by atoms with Crippen LogP contribution in [0.5, 0.6) is 0 Å². The number of rotatable bonds is 6. The molecule has 0 fully saturated rings. The Balaban J connectivity index is 2.20. The molecule has 2 aromatic heterocycles. The number of carbonyl (C=O) groups excluding carboxylic acids is 2. The second kappa shape index (κ2) is 7.12. The summed E-state index contributed by atoms with van der Waals surface area (Å²) in [5, 5.41) is 13.5. The minimum Gasteiger partial charge on any atom is -0.480 e. The fourth-order valence-corrected chi connectivity index (χ4v) is 1.60. The van der Waals surface area contributed by atoms with Gasteiger partial charge in [0.25, 0.3) is 11.8 Å². The normalized spacial score (nSPS) is 12.5. The van der Waals surface area contributed by atoms with Crippen LogP contribution in [-0.2, 0) is 9.59 Å². The highest BCUT2D eigenvalue weighted by Gasteiger charge is 2.20. The topological polar surface area (TPSA) is 122 Å². The fourth-order valence-electron chi connectivity index (χ4n) is 1.60. The van der Waals surface area contributed by atoms with Crippen LogP contribution >= 0.6 is 0 Å². The Hall–Kier alpha value is -3.29. The summed E-state index contributed by atoms with van der Waals surface area (Å²) in [6.45, 7) is 1.30. The predicted molar refractivity (Wildman–Crippen MR) is 78.1 cm³/mol. The van der Waals surface area contributed by atoms with Crippen molar-refractivity contribution in [1.29, 1.82) is 0 Å². The molecule has 0 radical (unpaired) electrons. The first-order valence-corrected chi connectivity index (χ1v) is 6.61. The van der Waals surface area contributed by atoms with Gasteiger partial charge in [0.2, 0.25) is 0 Å². The van der Waals surface area contributed by atoms with Gasteiger partial charge >= 0.3 is 5.97 Å². The number of furan rings is 2. The van der Waals surface area contributed by atoms with Crippen molar-refractivity contribution >= 4 is 23.9 Å². The summed E-state index contributed by atoms with van der Waals surface area (Å²) in [4.78, 5) is 35.0. The molecule has 8 nitrogen and oxygen atoms in total. The van der Waals surface area contributed by atoms with Gasteiger partial charge in [0, 0.05) is 6.08 Å². The number of carbonyl (C=O) groups is 3. The quantitative estimate of drug-likeness (QED) is 0.689. The van der Waals surface area contributed by atoms with E-state index >= 15 is 0 Å². The van der Waals surface area contributed by atoms with Crippen LogP contribution in [0.2, 0.25) is 0 Å². The van der Waals surface area contributed by atoms with Gasteiger partial charge in [-0.2, -0.15) is 0 Å². The van der Waals surface area contributed by atoms with Crippen molar-refractivity contribution in [2.24, 2.45) is 0 Å². The van der Waals surface area contributed by atoms with E-state index in [1.54, 1.807) is 12.1 Å². The van der Waals surface area contributed by atoms with E-state index in [0.717, 1.165) is 0 Å². The number of hydrogen-bond donors (Lipinski definition) is 3. The summed E-state index contributed by atoms with van der Waals surface area (Å²) in [7, 11) is 0. The molecule has 2 heterocycles. The molecule has 23 heavy (non-hydrogen) atoms. The van der Waals surface area contributed by atoms with Gasteiger partial charge in [-0.3, -0.25) is 14.4 Å². The molecule has 0 saturated heterocycles. The molecule has 1 unspecified atom stereocenters. The lowest BCUT2D eigenvalue weighted by Crippen LogP contribution is -2.42. The number of hydrogen-bond acceptors (Lipinski definition) is 5. The second-order valence-electron chi connectivity index (χ2n) is 4.54. The zero-order valence-electron chi connectivity index (χ0n) is 12.1. The van der Waals surface area contributed by atoms with Crippen molar-refractivity contribution < 1.29 is 28.3 Å². The third kappa shape index (κ3) is 4.34. The van der Waals surface area contributed by atoms with Crippen LogP contribution < -0.4 is 10.6 Å². The molecular formula is C15H14N2O6. The lowest BCUT2D eigenvalue weighted by Gasteiger charge is -2.12. The molecule has 0 spiro atoms. The first-order chi connectivity index (χ1) is 11.0. The standard InChI is InChI=1S/C15H14N2O6/c1-9(15(20)21)16-13(18)11(8-10-4-2-6-22-10)17-14(19)12-5-3-7-23-12/h2-9H,1H3,(H,16,18)(H,17,19)(H,20,21)/b11-8+. The third-order valence-corrected chi connectivity index (χ3v) is 2.79. The Bertz CT molecular complexity index is 715. The first-order valence-electron chi connectivity index (χ1n) is 6.61. The number of carboxylic acids is 1. The van der Waals surface area contributed by atoms with Crippen molar-refractivity contribution in [1.82, 2.24) is 10.6 Å². The van der Waals surface area contributed by atoms with Gasteiger partial charge in [0.15, 0.2) is 5.76 Å². The summed E-state index contributed by atoms with van der Waals surface area (Å²) in [5.74, 6) is -2.29. The van der Waals surface area contributed by atoms with Crippen LogP contribution in [0.15, 0.2) is 51.3 Å². The number of carboxylic acid groups (broad SMARTS) is 1. The van der Waals surface area contributed by atoms with E-state index in [1.807, 2.05) is 0 Å². The molecule has 3 N–H and O–H groups in total. The Morgan fingerprint density at radius 2 is 1.87 bits per heavy atom. The van der Waals surface area contributed by atoms with Crippen LogP contribution in [0, 0.1) is 0 Å². The average Bonchev–Trinajstić information content (AvgIpc) is 3.19. The highest BCUT2D eigenvalue weighted by atomic mass is 16.4. The monoisotopic (exact) mass is 318 g/mol. The SMILES string of the molecule is CC(NC(=O)/C(=C\c1ccco1)NC(=O)c1ccco1)C(=O)O. The molecule has 0 saturated carbocycles. The largest absolute Gasteiger partial charge is 0.480 e. The van der Waals surface area contributed by atoms with E-state index in [9.17, 15) is 14.4 Å². The van der Waals surface area contributed by atoms with Crippen LogP contribution in [0.1, 0.15) is 23.2 Å². The first kappa shape index (κ1) is 16.1. The van der Waals surface area contributed by atoms with Crippen LogP contribution in [0.3, 0.4) is 0 Å². The molecule has 0 bridgehead atoms. The Kier molecular flexibility index (Phi) is 4.98. The maximum atomic E-state index is 12.2. The summed E-state index contributed by atoms with van der Waals surface area (Å²) in [6, 6.07) is 5.01. The zero-order valence-corrected chi connectivity index (χ0v) is 12.1. The summed E-state index contributed by atoms with van der Waals surface area (Å²) in [5.41, 5.74) is -0.172. The number of amides is 2. The Morgan fingerprint density at radius 3 is 2.43 bits per heavy atom. The van der Waals surface area contributed by atoms with Gasteiger partial charge in [-0.05, 0) is 31.2 Å². The van der Waals surface area contributed by atoms with Gasteiger partial charge in [-0.1, -0.05) is 0 Å². The van der Waals surface area contributed by atoms with Gasteiger partial charge in [-0.25, -0.2) is 0 Å². The maximum absolute atomic E-state index is 12.2. The van der Waals surface area contributed by atoms with Crippen molar-refractivity contribution in [3.05, 3.63) is 54.0 Å². The molecule has 120 valence electrons. The van der Waals surface area contributed by atoms with E-state index < -0.39 is 23.8 Å². The van der Waals surface area contributed by atoms with Crippen LogP contribution in [0.25, 0.3) is 6.08 Å². The van der Waals surface area contributed by atoms with E-state index in [1.165, 1.54) is 37.7 Å². The molecule has 2 amide bonds. The minimum absolute atomic E-state index is 0.00873. The van der Waals surface area contributed by atoms with E-state index in [4.69, 9.17) is 13.9 Å². The van der Waals surface area contributed by atoms with Crippen molar-refractivity contribution in [3.8, 4) is 0 Å². The van der Waals surface area contributed by atoms with E-state index in [-0.39, 0.29) is 11.5 Å². The molecule has 0 aliphatic carbocycles. The highest BCUT2D eigenvalue weighted by molar-refractivity contribution is 6.05. The van der Waals surface area contributed by atoms with E-state index in [2.05, 4.69) is 10.6 Å². The Labute approximate surface area is 130 Å². The molecule has 1 atom stereocenters. The predicted octanol–water partition coefficient (Wildman–Crippen LogP) is 1.23. The van der Waals surface area contributed by atoms with Gasteiger partial charge < -0.3 is 24.6 Å². The zero-order chi connectivity index (χ0) is 16.8. The molecule has 2 aromatic rings. The molecule has 8 heteroatoms. The summed E-state index contributed by atoms with van der Waals surface area (Å²) in [6.07, 6.45) is 4.00. The lowest BCUT2D eigenvalue weighted by molar-refractivity contribution is -0.140. The van der Waals surface area contributed by atoms with Gasteiger partial charge in [0.1, 0.15) is 17.5 Å². The minimum atomic E-state index is -1.20. The molecule has 0 aliphatic heterocycles. The highest BCUT2D eigenvalue weighted by Crippen LogP contribution is 2.08. The average molecular weight is 318 g/mol. The molecule has 0 aromatic carbocycles. The molecule has 0 aliphatic rings. The summed E-state index contributed by atoms with van der Waals surface area (Å²) < 4.78 is 10.0. The van der Waals surface area contributed by atoms with Gasteiger partial charge in [0.05, 0.1) is 12.5 Å². The van der Waals surface area contributed by atoms with Crippen LogP contribution in [-0.4, -0.2) is 28.9 Å². The van der Waals surface area contributed by atoms with E-state index in [0.29, 0.717) is 5.76 Å². The fraction of sp³-hybridized carbons (Fsp3) is 0.133.